The Bertz CT molecular complexity index is 1320. The van der Waals surface area contributed by atoms with Gasteiger partial charge >= 0.3 is 0 Å². The summed E-state index contributed by atoms with van der Waals surface area (Å²) in [7, 11) is 1.67. The summed E-state index contributed by atoms with van der Waals surface area (Å²) < 4.78 is 5.34. The van der Waals surface area contributed by atoms with E-state index in [4.69, 9.17) is 26.3 Å². The zero-order valence-corrected chi connectivity index (χ0v) is 23.8. The molecule has 2 aliphatic carbocycles. The number of aromatic nitrogens is 2. The Morgan fingerprint density at radius 3 is 2.67 bits per heavy atom. The molecule has 0 saturated heterocycles. The molecule has 204 valence electrons. The van der Waals surface area contributed by atoms with Gasteiger partial charge in [-0.1, -0.05) is 48.7 Å². The molecule has 3 aromatic rings. The third-order valence-electron chi connectivity index (χ3n) is 8.37. The lowest BCUT2D eigenvalue weighted by molar-refractivity contribution is -0.115. The maximum absolute atomic E-state index is 13.1. The summed E-state index contributed by atoms with van der Waals surface area (Å²) in [5.74, 6) is 1.95. The van der Waals surface area contributed by atoms with Gasteiger partial charge in [0.05, 0.1) is 31.1 Å². The molecule has 6 heteroatoms. The molecule has 1 heterocycles. The van der Waals surface area contributed by atoms with Gasteiger partial charge in [-0.05, 0) is 105 Å². The van der Waals surface area contributed by atoms with Gasteiger partial charge in [-0.2, -0.15) is 0 Å². The van der Waals surface area contributed by atoms with Crippen molar-refractivity contribution < 1.29 is 9.53 Å². The first-order chi connectivity index (χ1) is 18.9. The number of ether oxygens (including phenoxy) is 1. The van der Waals surface area contributed by atoms with Gasteiger partial charge in [0.25, 0.3) is 0 Å². The number of methoxy groups -OCH3 is 1. The van der Waals surface area contributed by atoms with Crippen molar-refractivity contribution in [3.8, 4) is 17.0 Å². The average Bonchev–Trinajstić information content (AvgIpc) is 3.08. The van der Waals surface area contributed by atoms with Crippen LogP contribution in [-0.4, -0.2) is 23.0 Å². The fraction of sp³-hybridized carbons (Fsp3) is 0.424. The zero-order chi connectivity index (χ0) is 27.2. The number of halogens is 1. The highest BCUT2D eigenvalue weighted by atomic mass is 35.5. The number of carbonyl (C=O) groups is 1. The number of carbonyl (C=O) groups excluding carboxylic acids is 1. The van der Waals surface area contributed by atoms with Crippen molar-refractivity contribution in [2.24, 2.45) is 11.3 Å². The summed E-state index contributed by atoms with van der Waals surface area (Å²) in [5, 5.41) is 3.76. The molecule has 1 fully saturated rings. The summed E-state index contributed by atoms with van der Waals surface area (Å²) in [6.07, 6.45) is 14.9. The van der Waals surface area contributed by atoms with Gasteiger partial charge in [0.1, 0.15) is 5.75 Å². The third kappa shape index (κ3) is 7.07. The van der Waals surface area contributed by atoms with Crippen LogP contribution in [0.15, 0.2) is 66.4 Å². The number of amides is 1. The van der Waals surface area contributed by atoms with E-state index in [9.17, 15) is 4.79 Å². The summed E-state index contributed by atoms with van der Waals surface area (Å²) in [4.78, 5) is 23.0. The van der Waals surface area contributed by atoms with Crippen LogP contribution in [0.25, 0.3) is 11.3 Å². The molecule has 2 bridgehead atoms. The Labute approximate surface area is 237 Å². The average molecular weight is 544 g/mol. The second kappa shape index (κ2) is 12.3. The van der Waals surface area contributed by atoms with E-state index in [0.717, 1.165) is 60.4 Å². The molecule has 1 N–H and O–H groups in total. The Morgan fingerprint density at radius 1 is 1.10 bits per heavy atom. The minimum Gasteiger partial charge on any atom is -0.497 e. The Kier molecular flexibility index (Phi) is 8.66. The van der Waals surface area contributed by atoms with Crippen LogP contribution in [-0.2, 0) is 17.6 Å². The van der Waals surface area contributed by atoms with Crippen LogP contribution in [0, 0.1) is 11.3 Å². The molecule has 2 aromatic carbocycles. The van der Waals surface area contributed by atoms with Crippen molar-refractivity contribution in [3.63, 3.8) is 0 Å². The molecule has 2 aliphatic rings. The first kappa shape index (κ1) is 27.4. The number of hydrogen-bond donors (Lipinski definition) is 1. The van der Waals surface area contributed by atoms with Crippen LogP contribution in [0.5, 0.6) is 5.75 Å². The Morgan fingerprint density at radius 2 is 1.90 bits per heavy atom. The van der Waals surface area contributed by atoms with Crippen molar-refractivity contribution >= 4 is 23.3 Å². The van der Waals surface area contributed by atoms with Crippen molar-refractivity contribution in [3.05, 3.63) is 82.7 Å². The molecular weight excluding hydrogens is 506 g/mol. The van der Waals surface area contributed by atoms with Gasteiger partial charge in [-0.3, -0.25) is 4.79 Å². The molecule has 0 radical (unpaired) electrons. The first-order valence-electron chi connectivity index (χ1n) is 14.1. The molecule has 2 unspecified atom stereocenters. The summed E-state index contributed by atoms with van der Waals surface area (Å²) in [6, 6.07) is 15.3. The predicted molar refractivity (Wildman–Crippen MR) is 158 cm³/mol. The van der Waals surface area contributed by atoms with Gasteiger partial charge in [-0.25, -0.2) is 9.97 Å². The SMILES string of the molecule is COc1ccc(-c2cnc(NC(=O)Cc3ccc(Cl)cc3)c(CC34CCC=C(CCCC(C)C3)CC4)n2)cc1. The molecule has 0 spiro atoms. The second-order valence-electron chi connectivity index (χ2n) is 11.4. The molecule has 0 aliphatic heterocycles. The van der Waals surface area contributed by atoms with E-state index < -0.39 is 0 Å². The molecule has 2 atom stereocenters. The third-order valence-corrected chi connectivity index (χ3v) is 8.62. The van der Waals surface area contributed by atoms with Crippen LogP contribution < -0.4 is 10.1 Å². The van der Waals surface area contributed by atoms with E-state index >= 15 is 0 Å². The molecule has 5 nitrogen and oxygen atoms in total. The van der Waals surface area contributed by atoms with Gasteiger partial charge in [0.2, 0.25) is 5.91 Å². The monoisotopic (exact) mass is 543 g/mol. The van der Waals surface area contributed by atoms with E-state index in [-0.39, 0.29) is 17.7 Å². The first-order valence-corrected chi connectivity index (χ1v) is 14.5. The molecule has 1 saturated carbocycles. The molecule has 1 aromatic heterocycles. The second-order valence-corrected chi connectivity index (χ2v) is 11.8. The topological polar surface area (TPSA) is 64.1 Å². The van der Waals surface area contributed by atoms with E-state index in [1.165, 1.54) is 25.7 Å². The normalized spacial score (nSPS) is 21.2. The quantitative estimate of drug-likeness (QED) is 0.305. The summed E-state index contributed by atoms with van der Waals surface area (Å²) >= 11 is 6.03. The predicted octanol–water partition coefficient (Wildman–Crippen LogP) is 8.23. The summed E-state index contributed by atoms with van der Waals surface area (Å²) in [6.45, 7) is 2.40. The van der Waals surface area contributed by atoms with E-state index in [0.29, 0.717) is 16.8 Å². The number of hydrogen-bond acceptors (Lipinski definition) is 4. The number of nitrogens with zero attached hydrogens (tertiary/aromatic N) is 2. The smallest absolute Gasteiger partial charge is 0.229 e. The fourth-order valence-corrected chi connectivity index (χ4v) is 6.44. The van der Waals surface area contributed by atoms with Crippen molar-refractivity contribution in [2.75, 3.05) is 12.4 Å². The maximum Gasteiger partial charge on any atom is 0.229 e. The lowest BCUT2D eigenvalue weighted by atomic mass is 9.70. The van der Waals surface area contributed by atoms with Crippen molar-refractivity contribution in [1.82, 2.24) is 9.97 Å². The van der Waals surface area contributed by atoms with Crippen LogP contribution in [0.3, 0.4) is 0 Å². The van der Waals surface area contributed by atoms with Crippen molar-refractivity contribution in [1.29, 1.82) is 0 Å². The summed E-state index contributed by atoms with van der Waals surface area (Å²) in [5.41, 5.74) is 5.35. The van der Waals surface area contributed by atoms with Crippen LogP contribution in [0.1, 0.15) is 69.5 Å². The molecule has 39 heavy (non-hydrogen) atoms. The standard InChI is InChI=1S/C33H38ClN3O2/c1-23-5-3-6-24-7-4-17-33(20-23,18-16-24)21-29-32(37-31(38)19-25-8-12-27(34)13-9-25)35-22-30(36-29)26-10-14-28(39-2)15-11-26/h7-15,22-23H,3-6,16-21H2,1-2H3,(H,35,37,38). The Hall–Kier alpha value is -3.18. The van der Waals surface area contributed by atoms with Gasteiger partial charge in [0, 0.05) is 10.6 Å². The van der Waals surface area contributed by atoms with E-state index in [1.807, 2.05) is 48.5 Å². The molecule has 5 rings (SSSR count). The highest BCUT2D eigenvalue weighted by molar-refractivity contribution is 6.30. The van der Waals surface area contributed by atoms with E-state index in [2.05, 4.69) is 18.3 Å². The minimum absolute atomic E-state index is 0.102. The molecule has 1 amide bonds. The Balaban J connectivity index is 1.46. The number of nitrogens with one attached hydrogen (secondary N) is 1. The largest absolute Gasteiger partial charge is 0.497 e. The van der Waals surface area contributed by atoms with E-state index in [1.54, 1.807) is 18.9 Å². The lowest BCUT2D eigenvalue weighted by Crippen LogP contribution is -2.28. The number of anilines is 1. The van der Waals surface area contributed by atoms with Crippen LogP contribution in [0.2, 0.25) is 5.02 Å². The highest BCUT2D eigenvalue weighted by Crippen LogP contribution is 2.46. The van der Waals surface area contributed by atoms with Crippen molar-refractivity contribution in [2.45, 2.75) is 71.1 Å². The number of fused-ring (bicyclic) bond motifs is 3. The van der Waals surface area contributed by atoms with Gasteiger partial charge < -0.3 is 10.1 Å². The highest BCUT2D eigenvalue weighted by Gasteiger charge is 2.35. The molecular formula is C33H38ClN3O2. The number of rotatable bonds is 7. The van der Waals surface area contributed by atoms with Gasteiger partial charge in [0.15, 0.2) is 5.82 Å². The van der Waals surface area contributed by atoms with Crippen LogP contribution >= 0.6 is 11.6 Å². The fourth-order valence-electron chi connectivity index (χ4n) is 6.31. The number of allylic oxidation sites excluding steroid dienone is 2. The number of benzene rings is 2. The van der Waals surface area contributed by atoms with Crippen LogP contribution in [0.4, 0.5) is 5.82 Å². The minimum atomic E-state index is -0.102. The zero-order valence-electron chi connectivity index (χ0n) is 23.0. The lowest BCUT2D eigenvalue weighted by Gasteiger charge is -2.35. The maximum atomic E-state index is 13.1. The van der Waals surface area contributed by atoms with Gasteiger partial charge in [-0.15, -0.1) is 0 Å².